The zero-order valence-electron chi connectivity index (χ0n) is 13.9. The smallest absolute Gasteiger partial charge is 0.249 e. The highest BCUT2D eigenvalue weighted by molar-refractivity contribution is 7.10. The van der Waals surface area contributed by atoms with Gasteiger partial charge in [0, 0.05) is 29.9 Å². The van der Waals surface area contributed by atoms with Gasteiger partial charge < -0.3 is 4.42 Å². The molecule has 2 atom stereocenters. The minimum atomic E-state index is 0.387. The van der Waals surface area contributed by atoms with E-state index in [9.17, 15) is 0 Å². The summed E-state index contributed by atoms with van der Waals surface area (Å²) in [5.41, 5.74) is 7.60. The third-order valence-electron chi connectivity index (χ3n) is 4.18. The quantitative estimate of drug-likeness (QED) is 0.701. The first-order chi connectivity index (χ1) is 12.3. The number of hydrazine groups is 1. The van der Waals surface area contributed by atoms with Crippen molar-refractivity contribution in [3.05, 3.63) is 52.8 Å². The molecule has 1 aliphatic heterocycles. The van der Waals surface area contributed by atoms with Crippen LogP contribution in [0.25, 0.3) is 11.5 Å². The maximum atomic E-state index is 5.75. The molecule has 0 aliphatic carbocycles. The maximum absolute atomic E-state index is 5.75. The molecule has 2 N–H and O–H groups in total. The number of nitrogens with one attached hydrogen (secondary N) is 2. The molecule has 8 heteroatoms. The monoisotopic (exact) mass is 356 g/mol. The average Bonchev–Trinajstić information content (AvgIpc) is 3.37. The fourth-order valence-corrected chi connectivity index (χ4v) is 3.80. The minimum Gasteiger partial charge on any atom is -0.419 e. The van der Waals surface area contributed by atoms with Gasteiger partial charge in [-0.3, -0.25) is 15.3 Å². The summed E-state index contributed by atoms with van der Waals surface area (Å²) in [5.74, 6) is 1.12. The fraction of sp³-hybridized carbons (Fsp3) is 0.353. The molecule has 0 saturated carbocycles. The van der Waals surface area contributed by atoms with Gasteiger partial charge in [-0.05, 0) is 37.0 Å². The SMILES string of the molecule is CN(Cc1nnc(-c2cccnc2)o1)CC1CC(c2cccs2)NN1. The van der Waals surface area contributed by atoms with Crippen LogP contribution in [0.3, 0.4) is 0 Å². The molecule has 0 radical (unpaired) electrons. The molecule has 4 rings (SSSR count). The second-order valence-electron chi connectivity index (χ2n) is 6.23. The van der Waals surface area contributed by atoms with Crippen LogP contribution in [0.4, 0.5) is 0 Å². The summed E-state index contributed by atoms with van der Waals surface area (Å²) in [5, 5.41) is 10.4. The number of hydrogen-bond acceptors (Lipinski definition) is 8. The Labute approximate surface area is 150 Å². The van der Waals surface area contributed by atoms with E-state index in [0.29, 0.717) is 30.4 Å². The van der Waals surface area contributed by atoms with Gasteiger partial charge in [0.05, 0.1) is 18.2 Å². The highest BCUT2D eigenvalue weighted by Crippen LogP contribution is 2.26. The Hall–Kier alpha value is -2.13. The number of nitrogens with zero attached hydrogens (tertiary/aromatic N) is 4. The second kappa shape index (κ2) is 7.40. The Morgan fingerprint density at radius 2 is 2.24 bits per heavy atom. The van der Waals surface area contributed by atoms with Crippen LogP contribution in [0.5, 0.6) is 0 Å². The summed E-state index contributed by atoms with van der Waals surface area (Å²) in [6.07, 6.45) is 4.51. The molecule has 0 aromatic carbocycles. The lowest BCUT2D eigenvalue weighted by molar-refractivity contribution is 0.262. The predicted molar refractivity (Wildman–Crippen MR) is 95.6 cm³/mol. The van der Waals surface area contributed by atoms with Crippen molar-refractivity contribution in [3.8, 4) is 11.5 Å². The zero-order valence-corrected chi connectivity index (χ0v) is 14.7. The third kappa shape index (κ3) is 3.93. The summed E-state index contributed by atoms with van der Waals surface area (Å²) in [4.78, 5) is 7.64. The molecule has 0 amide bonds. The summed E-state index contributed by atoms with van der Waals surface area (Å²) in [6.45, 7) is 1.52. The van der Waals surface area contributed by atoms with E-state index < -0.39 is 0 Å². The number of aromatic nitrogens is 3. The van der Waals surface area contributed by atoms with Gasteiger partial charge in [-0.15, -0.1) is 21.5 Å². The lowest BCUT2D eigenvalue weighted by atomic mass is 10.1. The summed E-state index contributed by atoms with van der Waals surface area (Å²) in [6, 6.07) is 8.81. The van der Waals surface area contributed by atoms with Crippen molar-refractivity contribution < 1.29 is 4.42 Å². The Morgan fingerprint density at radius 1 is 1.28 bits per heavy atom. The largest absolute Gasteiger partial charge is 0.419 e. The van der Waals surface area contributed by atoms with Crippen molar-refractivity contribution in [1.82, 2.24) is 30.9 Å². The summed E-state index contributed by atoms with van der Waals surface area (Å²) in [7, 11) is 2.06. The summed E-state index contributed by atoms with van der Waals surface area (Å²) >= 11 is 1.79. The van der Waals surface area contributed by atoms with E-state index in [0.717, 1.165) is 18.5 Å². The zero-order chi connectivity index (χ0) is 17.1. The molecule has 25 heavy (non-hydrogen) atoms. The van der Waals surface area contributed by atoms with Gasteiger partial charge in [0.1, 0.15) is 0 Å². The molecule has 4 heterocycles. The number of thiophene rings is 1. The van der Waals surface area contributed by atoms with Crippen LogP contribution in [0.15, 0.2) is 46.5 Å². The molecule has 1 fully saturated rings. The van der Waals surface area contributed by atoms with Gasteiger partial charge >= 0.3 is 0 Å². The number of pyridine rings is 1. The van der Waals surface area contributed by atoms with Gasteiger partial charge in [0.15, 0.2) is 0 Å². The van der Waals surface area contributed by atoms with Crippen LogP contribution in [-0.4, -0.2) is 39.7 Å². The first kappa shape index (κ1) is 16.3. The number of rotatable bonds is 6. The molecule has 1 saturated heterocycles. The average molecular weight is 356 g/mol. The molecule has 1 aliphatic rings. The first-order valence-corrected chi connectivity index (χ1v) is 9.11. The van der Waals surface area contributed by atoms with Crippen LogP contribution < -0.4 is 10.9 Å². The molecule has 0 spiro atoms. The minimum absolute atomic E-state index is 0.387. The Balaban J connectivity index is 1.31. The molecule has 7 nitrogen and oxygen atoms in total. The second-order valence-corrected chi connectivity index (χ2v) is 7.21. The highest BCUT2D eigenvalue weighted by atomic mass is 32.1. The standard InChI is InChI=1S/C17H20N6OS/c1-23(10-13-8-14(20-19-13)15-5-3-7-25-15)11-16-21-22-17(24-16)12-4-2-6-18-9-12/h2-7,9,13-14,19-20H,8,10-11H2,1H3. The number of hydrogen-bond donors (Lipinski definition) is 2. The van der Waals surface area contributed by atoms with E-state index >= 15 is 0 Å². The van der Waals surface area contributed by atoms with E-state index in [1.807, 2.05) is 12.1 Å². The molecular weight excluding hydrogens is 336 g/mol. The van der Waals surface area contributed by atoms with Gasteiger partial charge in [-0.1, -0.05) is 6.07 Å². The fourth-order valence-electron chi connectivity index (χ4n) is 3.01. The third-order valence-corrected chi connectivity index (χ3v) is 5.17. The number of likely N-dealkylation sites (N-methyl/N-ethyl adjacent to an activating group) is 1. The van der Waals surface area contributed by atoms with Crippen LogP contribution >= 0.6 is 11.3 Å². The van der Waals surface area contributed by atoms with Gasteiger partial charge in [0.2, 0.25) is 11.8 Å². The van der Waals surface area contributed by atoms with Crippen LogP contribution in [0.1, 0.15) is 23.2 Å². The van der Waals surface area contributed by atoms with E-state index in [4.69, 9.17) is 4.42 Å². The predicted octanol–water partition coefficient (Wildman–Crippen LogP) is 2.23. The molecular formula is C17H20N6OS. The summed E-state index contributed by atoms with van der Waals surface area (Å²) < 4.78 is 5.75. The van der Waals surface area contributed by atoms with Crippen molar-refractivity contribution >= 4 is 11.3 Å². The molecule has 3 aromatic rings. The normalized spacial score (nSPS) is 20.4. The van der Waals surface area contributed by atoms with Gasteiger partial charge in [-0.2, -0.15) is 0 Å². The lowest BCUT2D eigenvalue weighted by Crippen LogP contribution is -2.38. The van der Waals surface area contributed by atoms with Crippen molar-refractivity contribution in [3.63, 3.8) is 0 Å². The Kier molecular flexibility index (Phi) is 4.84. The lowest BCUT2D eigenvalue weighted by Gasteiger charge is -2.18. The van der Waals surface area contributed by atoms with Crippen molar-refractivity contribution in [2.75, 3.05) is 13.6 Å². The van der Waals surface area contributed by atoms with Crippen molar-refractivity contribution in [2.45, 2.75) is 25.0 Å². The Morgan fingerprint density at radius 3 is 3.04 bits per heavy atom. The first-order valence-electron chi connectivity index (χ1n) is 8.24. The topological polar surface area (TPSA) is 79.1 Å². The molecule has 0 bridgehead atoms. The van der Waals surface area contributed by atoms with E-state index in [1.165, 1.54) is 4.88 Å². The van der Waals surface area contributed by atoms with E-state index in [1.54, 1.807) is 23.7 Å². The van der Waals surface area contributed by atoms with E-state index in [-0.39, 0.29) is 0 Å². The van der Waals surface area contributed by atoms with E-state index in [2.05, 4.69) is 55.5 Å². The van der Waals surface area contributed by atoms with Crippen molar-refractivity contribution in [1.29, 1.82) is 0 Å². The van der Waals surface area contributed by atoms with Gasteiger partial charge in [-0.25, -0.2) is 5.43 Å². The van der Waals surface area contributed by atoms with Gasteiger partial charge in [0.25, 0.3) is 0 Å². The maximum Gasteiger partial charge on any atom is 0.249 e. The van der Waals surface area contributed by atoms with Crippen LogP contribution in [0, 0.1) is 0 Å². The van der Waals surface area contributed by atoms with Crippen LogP contribution in [0.2, 0.25) is 0 Å². The highest BCUT2D eigenvalue weighted by Gasteiger charge is 2.26. The van der Waals surface area contributed by atoms with Crippen molar-refractivity contribution in [2.24, 2.45) is 0 Å². The van der Waals surface area contributed by atoms with Crippen LogP contribution in [-0.2, 0) is 6.54 Å². The molecule has 2 unspecified atom stereocenters. The Bertz CT molecular complexity index is 791. The molecule has 3 aromatic heterocycles. The molecule has 130 valence electrons.